The normalized spacial score (nSPS) is 14.0. The summed E-state index contributed by atoms with van der Waals surface area (Å²) in [6.07, 6.45) is 0. The molecule has 0 spiro atoms. The number of piperazine rings is 1. The van der Waals surface area contributed by atoms with Crippen molar-refractivity contribution in [3.63, 3.8) is 0 Å². The number of ether oxygens (including phenoxy) is 1. The molecule has 8 nitrogen and oxygen atoms in total. The Labute approximate surface area is 175 Å². The van der Waals surface area contributed by atoms with Gasteiger partial charge in [-0.3, -0.25) is 4.79 Å². The molecular formula is C22H25N5O3. The summed E-state index contributed by atoms with van der Waals surface area (Å²) in [6, 6.07) is 18.2. The number of amides is 2. The Kier molecular flexibility index (Phi) is 5.83. The number of fused-ring (bicyclic) bond motifs is 1. The van der Waals surface area contributed by atoms with E-state index >= 15 is 0 Å². The van der Waals surface area contributed by atoms with E-state index in [9.17, 15) is 9.59 Å². The van der Waals surface area contributed by atoms with Gasteiger partial charge < -0.3 is 24.4 Å². The molecule has 0 atom stereocenters. The van der Waals surface area contributed by atoms with Crippen LogP contribution in [0.1, 0.15) is 5.56 Å². The molecule has 2 heterocycles. The molecule has 3 aromatic rings. The summed E-state index contributed by atoms with van der Waals surface area (Å²) < 4.78 is 6.80. The van der Waals surface area contributed by atoms with Crippen LogP contribution in [0.25, 0.3) is 11.0 Å². The van der Waals surface area contributed by atoms with Crippen molar-refractivity contribution in [1.82, 2.24) is 19.8 Å². The van der Waals surface area contributed by atoms with Gasteiger partial charge in [-0.05, 0) is 17.7 Å². The van der Waals surface area contributed by atoms with Crippen LogP contribution in [-0.2, 0) is 16.1 Å². The monoisotopic (exact) mass is 407 g/mol. The van der Waals surface area contributed by atoms with Crippen LogP contribution in [0.15, 0.2) is 54.6 Å². The summed E-state index contributed by atoms with van der Waals surface area (Å²) in [7, 11) is 1.30. The minimum atomic E-state index is -0.461. The molecule has 1 saturated heterocycles. The van der Waals surface area contributed by atoms with E-state index < -0.39 is 5.97 Å². The quantitative estimate of drug-likeness (QED) is 0.655. The van der Waals surface area contributed by atoms with Gasteiger partial charge in [0, 0.05) is 26.2 Å². The van der Waals surface area contributed by atoms with Crippen LogP contribution in [0.3, 0.4) is 0 Å². The predicted octanol–water partition coefficient (Wildman–Crippen LogP) is 2.09. The molecule has 0 aliphatic carbocycles. The number of hydrogen-bond acceptors (Lipinski definition) is 5. The lowest BCUT2D eigenvalue weighted by molar-refractivity contribution is -0.139. The second kappa shape index (κ2) is 8.86. The molecule has 1 N–H and O–H groups in total. The maximum absolute atomic E-state index is 12.3. The maximum Gasteiger partial charge on any atom is 0.325 e. The minimum absolute atomic E-state index is 0.123. The molecule has 30 heavy (non-hydrogen) atoms. The van der Waals surface area contributed by atoms with Crippen LogP contribution in [0.2, 0.25) is 0 Å². The summed E-state index contributed by atoms with van der Waals surface area (Å²) in [5, 5.41) is 2.60. The first-order valence-corrected chi connectivity index (χ1v) is 9.99. The minimum Gasteiger partial charge on any atom is -0.468 e. The van der Waals surface area contributed by atoms with Crippen molar-refractivity contribution in [2.45, 2.75) is 6.54 Å². The molecule has 0 radical (unpaired) electrons. The molecule has 0 saturated carbocycles. The number of anilines is 1. The van der Waals surface area contributed by atoms with E-state index in [1.807, 2.05) is 36.4 Å². The lowest BCUT2D eigenvalue weighted by atomic mass is 10.2. The third-order valence-corrected chi connectivity index (χ3v) is 5.28. The summed E-state index contributed by atoms with van der Waals surface area (Å²) in [6.45, 7) is 3.07. The largest absolute Gasteiger partial charge is 0.468 e. The molecule has 1 aliphatic heterocycles. The topological polar surface area (TPSA) is 79.7 Å². The molecule has 1 aliphatic rings. The average Bonchev–Trinajstić information content (AvgIpc) is 3.16. The molecule has 0 bridgehead atoms. The van der Waals surface area contributed by atoms with E-state index in [1.54, 1.807) is 4.90 Å². The zero-order valence-corrected chi connectivity index (χ0v) is 17.0. The van der Waals surface area contributed by atoms with Gasteiger partial charge in [0.25, 0.3) is 0 Å². The fraction of sp³-hybridized carbons (Fsp3) is 0.318. The van der Waals surface area contributed by atoms with Crippen LogP contribution < -0.4 is 10.2 Å². The average molecular weight is 407 g/mol. The van der Waals surface area contributed by atoms with E-state index in [0.717, 1.165) is 23.5 Å². The third kappa shape index (κ3) is 4.22. The Morgan fingerprint density at radius 3 is 2.43 bits per heavy atom. The van der Waals surface area contributed by atoms with Gasteiger partial charge in [-0.25, -0.2) is 9.78 Å². The first kappa shape index (κ1) is 19.8. The number of nitrogens with one attached hydrogen (secondary N) is 1. The Hall–Kier alpha value is -3.55. The molecule has 4 rings (SSSR count). The van der Waals surface area contributed by atoms with Crippen molar-refractivity contribution in [2.24, 2.45) is 0 Å². The maximum atomic E-state index is 12.3. The smallest absolute Gasteiger partial charge is 0.325 e. The Morgan fingerprint density at radius 2 is 1.70 bits per heavy atom. The van der Waals surface area contributed by atoms with Crippen molar-refractivity contribution in [2.75, 3.05) is 44.7 Å². The molecule has 2 amide bonds. The number of methoxy groups -OCH3 is 1. The van der Waals surface area contributed by atoms with Crippen molar-refractivity contribution < 1.29 is 14.3 Å². The highest BCUT2D eigenvalue weighted by Gasteiger charge is 2.25. The van der Waals surface area contributed by atoms with Gasteiger partial charge in [0.2, 0.25) is 5.95 Å². The number of rotatable bonds is 5. The first-order valence-electron chi connectivity index (χ1n) is 9.99. The van der Waals surface area contributed by atoms with E-state index in [1.165, 1.54) is 12.7 Å². The number of esters is 1. The van der Waals surface area contributed by atoms with Crippen molar-refractivity contribution in [3.05, 3.63) is 60.2 Å². The molecule has 1 aromatic heterocycles. The fourth-order valence-electron chi connectivity index (χ4n) is 3.67. The predicted molar refractivity (Wildman–Crippen MR) is 114 cm³/mol. The summed E-state index contributed by atoms with van der Waals surface area (Å²) >= 11 is 0. The van der Waals surface area contributed by atoms with Gasteiger partial charge in [0.05, 0.1) is 24.7 Å². The number of nitrogens with zero attached hydrogens (tertiary/aromatic N) is 4. The van der Waals surface area contributed by atoms with Crippen LogP contribution in [0, 0.1) is 0 Å². The molecule has 0 unspecified atom stereocenters. The lowest BCUT2D eigenvalue weighted by Crippen LogP contribution is -2.53. The van der Waals surface area contributed by atoms with Crippen LogP contribution in [0.5, 0.6) is 0 Å². The number of urea groups is 1. The highest BCUT2D eigenvalue weighted by atomic mass is 16.5. The third-order valence-electron chi connectivity index (χ3n) is 5.28. The lowest BCUT2D eigenvalue weighted by Gasteiger charge is -2.35. The number of hydrogen-bond donors (Lipinski definition) is 1. The van der Waals surface area contributed by atoms with E-state index in [4.69, 9.17) is 4.98 Å². The second-order valence-corrected chi connectivity index (χ2v) is 7.18. The molecule has 2 aromatic carbocycles. The zero-order valence-electron chi connectivity index (χ0n) is 17.0. The van der Waals surface area contributed by atoms with E-state index in [-0.39, 0.29) is 12.6 Å². The van der Waals surface area contributed by atoms with E-state index in [0.29, 0.717) is 26.2 Å². The summed E-state index contributed by atoms with van der Waals surface area (Å²) in [5.41, 5.74) is 3.26. The Morgan fingerprint density at radius 1 is 1.00 bits per heavy atom. The van der Waals surface area contributed by atoms with E-state index in [2.05, 4.69) is 37.7 Å². The highest BCUT2D eigenvalue weighted by Crippen LogP contribution is 2.25. The highest BCUT2D eigenvalue weighted by molar-refractivity contribution is 5.81. The number of carbonyl (C=O) groups excluding carboxylic acids is 2. The first-order chi connectivity index (χ1) is 14.7. The number of imidazole rings is 1. The summed E-state index contributed by atoms with van der Waals surface area (Å²) in [5.74, 6) is 0.450. The van der Waals surface area contributed by atoms with Crippen molar-refractivity contribution >= 4 is 29.0 Å². The van der Waals surface area contributed by atoms with Gasteiger partial charge >= 0.3 is 12.0 Å². The van der Waals surface area contributed by atoms with Crippen LogP contribution >= 0.6 is 0 Å². The number of benzene rings is 2. The SMILES string of the molecule is COC(=O)CNC(=O)N1CCN(c2nc3ccccc3n2Cc2ccccc2)CC1. The molecule has 1 fully saturated rings. The summed E-state index contributed by atoms with van der Waals surface area (Å²) in [4.78, 5) is 32.3. The zero-order chi connectivity index (χ0) is 20.9. The van der Waals surface area contributed by atoms with Gasteiger partial charge in [-0.15, -0.1) is 0 Å². The van der Waals surface area contributed by atoms with Gasteiger partial charge in [-0.2, -0.15) is 0 Å². The number of carbonyl (C=O) groups is 2. The number of para-hydroxylation sites is 2. The van der Waals surface area contributed by atoms with Crippen molar-refractivity contribution in [1.29, 1.82) is 0 Å². The van der Waals surface area contributed by atoms with Crippen LogP contribution in [0.4, 0.5) is 10.7 Å². The molecular weight excluding hydrogens is 382 g/mol. The Bertz CT molecular complexity index is 1030. The van der Waals surface area contributed by atoms with Gasteiger partial charge in [0.15, 0.2) is 0 Å². The second-order valence-electron chi connectivity index (χ2n) is 7.18. The Balaban J connectivity index is 1.49. The number of aromatic nitrogens is 2. The van der Waals surface area contributed by atoms with Gasteiger partial charge in [0.1, 0.15) is 6.54 Å². The van der Waals surface area contributed by atoms with Gasteiger partial charge in [-0.1, -0.05) is 42.5 Å². The molecule has 8 heteroatoms. The standard InChI is InChI=1S/C22H25N5O3/c1-30-20(28)15-23-22(29)26-13-11-25(12-14-26)21-24-18-9-5-6-10-19(18)27(21)16-17-7-3-2-4-8-17/h2-10H,11-16H2,1H3,(H,23,29). The van der Waals surface area contributed by atoms with Crippen LogP contribution in [-0.4, -0.2) is 66.3 Å². The fourth-order valence-corrected chi connectivity index (χ4v) is 3.67. The molecule has 156 valence electrons. The van der Waals surface area contributed by atoms with Crippen molar-refractivity contribution in [3.8, 4) is 0 Å².